The van der Waals surface area contributed by atoms with Crippen molar-refractivity contribution in [2.45, 2.75) is 45.3 Å². The Morgan fingerprint density at radius 3 is 2.50 bits per heavy atom. The summed E-state index contributed by atoms with van der Waals surface area (Å²) in [6.07, 6.45) is 1.76. The van der Waals surface area contributed by atoms with Crippen LogP contribution in [0.2, 0.25) is 0 Å². The van der Waals surface area contributed by atoms with Gasteiger partial charge in [-0.3, -0.25) is 0 Å². The molecule has 0 bridgehead atoms. The number of nitrogens with one attached hydrogen (secondary N) is 1. The summed E-state index contributed by atoms with van der Waals surface area (Å²) in [4.78, 5) is 0. The van der Waals surface area contributed by atoms with E-state index in [1.54, 1.807) is 0 Å². The minimum absolute atomic E-state index is 0.168. The van der Waals surface area contributed by atoms with Crippen molar-refractivity contribution in [3.05, 3.63) is 35.4 Å². The van der Waals surface area contributed by atoms with E-state index in [0.717, 1.165) is 18.4 Å². The first kappa shape index (κ1) is 14.7. The van der Waals surface area contributed by atoms with Gasteiger partial charge in [0.2, 0.25) is 0 Å². The average Bonchev–Trinajstić information content (AvgIpc) is 2.36. The molecular formula is C15H22N2O. The zero-order chi connectivity index (χ0) is 13.6. The van der Waals surface area contributed by atoms with E-state index >= 15 is 0 Å². The zero-order valence-electron chi connectivity index (χ0n) is 11.4. The molecule has 1 aromatic rings. The SMILES string of the molecule is CCCC(C)(O)CNC(C)c1ccc(C#N)cc1. The molecule has 0 aliphatic carbocycles. The van der Waals surface area contributed by atoms with Crippen molar-refractivity contribution >= 4 is 0 Å². The van der Waals surface area contributed by atoms with Crippen LogP contribution in [0.5, 0.6) is 0 Å². The van der Waals surface area contributed by atoms with Gasteiger partial charge in [-0.05, 0) is 38.0 Å². The summed E-state index contributed by atoms with van der Waals surface area (Å²) >= 11 is 0. The summed E-state index contributed by atoms with van der Waals surface area (Å²) in [6, 6.07) is 9.81. The van der Waals surface area contributed by atoms with E-state index in [4.69, 9.17) is 5.26 Å². The van der Waals surface area contributed by atoms with E-state index in [2.05, 4.69) is 25.2 Å². The highest BCUT2D eigenvalue weighted by Crippen LogP contribution is 2.16. The second-order valence-electron chi connectivity index (χ2n) is 5.08. The number of benzene rings is 1. The molecule has 0 aliphatic rings. The van der Waals surface area contributed by atoms with Crippen molar-refractivity contribution in [3.63, 3.8) is 0 Å². The molecule has 0 heterocycles. The van der Waals surface area contributed by atoms with E-state index in [9.17, 15) is 5.11 Å². The minimum atomic E-state index is -0.657. The van der Waals surface area contributed by atoms with Gasteiger partial charge in [0.25, 0.3) is 0 Å². The van der Waals surface area contributed by atoms with Gasteiger partial charge in [-0.2, -0.15) is 5.26 Å². The van der Waals surface area contributed by atoms with Crippen molar-refractivity contribution < 1.29 is 5.11 Å². The number of aliphatic hydroxyl groups is 1. The van der Waals surface area contributed by atoms with Gasteiger partial charge in [0.1, 0.15) is 0 Å². The fraction of sp³-hybridized carbons (Fsp3) is 0.533. The predicted molar refractivity (Wildman–Crippen MR) is 73.1 cm³/mol. The molecule has 0 aliphatic heterocycles. The maximum Gasteiger partial charge on any atom is 0.0991 e. The van der Waals surface area contributed by atoms with E-state index in [0.29, 0.717) is 12.1 Å². The molecule has 0 saturated heterocycles. The van der Waals surface area contributed by atoms with Crippen LogP contribution in [-0.2, 0) is 0 Å². The third kappa shape index (κ3) is 4.48. The minimum Gasteiger partial charge on any atom is -0.389 e. The smallest absolute Gasteiger partial charge is 0.0991 e. The number of nitrogens with zero attached hydrogens (tertiary/aromatic N) is 1. The van der Waals surface area contributed by atoms with Gasteiger partial charge in [-0.25, -0.2) is 0 Å². The van der Waals surface area contributed by atoms with Gasteiger partial charge in [-0.1, -0.05) is 25.5 Å². The predicted octanol–water partition coefficient (Wildman–Crippen LogP) is 2.76. The molecule has 98 valence electrons. The average molecular weight is 246 g/mol. The Bertz CT molecular complexity index is 403. The summed E-state index contributed by atoms with van der Waals surface area (Å²) in [5.41, 5.74) is 1.14. The standard InChI is InChI=1S/C15H22N2O/c1-4-9-15(3,18)11-17-12(2)14-7-5-13(10-16)6-8-14/h5-8,12,17-18H,4,9,11H2,1-3H3. The van der Waals surface area contributed by atoms with Crippen molar-refractivity contribution in [2.75, 3.05) is 6.54 Å². The van der Waals surface area contributed by atoms with Crippen molar-refractivity contribution in [1.82, 2.24) is 5.32 Å². The zero-order valence-corrected chi connectivity index (χ0v) is 11.4. The van der Waals surface area contributed by atoms with E-state index in [1.165, 1.54) is 0 Å². The van der Waals surface area contributed by atoms with Crippen LogP contribution < -0.4 is 5.32 Å². The number of hydrogen-bond donors (Lipinski definition) is 2. The van der Waals surface area contributed by atoms with Gasteiger partial charge < -0.3 is 10.4 Å². The molecule has 0 spiro atoms. The van der Waals surface area contributed by atoms with E-state index in [1.807, 2.05) is 31.2 Å². The van der Waals surface area contributed by atoms with Crippen molar-refractivity contribution in [2.24, 2.45) is 0 Å². The first-order chi connectivity index (χ1) is 8.48. The second-order valence-corrected chi connectivity index (χ2v) is 5.08. The van der Waals surface area contributed by atoms with Gasteiger partial charge >= 0.3 is 0 Å². The quantitative estimate of drug-likeness (QED) is 0.811. The van der Waals surface area contributed by atoms with Gasteiger partial charge in [0.15, 0.2) is 0 Å². The summed E-state index contributed by atoms with van der Waals surface area (Å²) in [6.45, 7) is 6.55. The van der Waals surface area contributed by atoms with Crippen LogP contribution in [0.1, 0.15) is 50.8 Å². The van der Waals surface area contributed by atoms with Crippen LogP contribution in [0, 0.1) is 11.3 Å². The molecule has 2 atom stereocenters. The lowest BCUT2D eigenvalue weighted by molar-refractivity contribution is 0.0477. The molecule has 2 N–H and O–H groups in total. The third-order valence-electron chi connectivity index (χ3n) is 3.12. The maximum atomic E-state index is 10.1. The third-order valence-corrected chi connectivity index (χ3v) is 3.12. The van der Waals surface area contributed by atoms with Crippen LogP contribution in [0.3, 0.4) is 0 Å². The van der Waals surface area contributed by atoms with Crippen LogP contribution in [0.4, 0.5) is 0 Å². The summed E-state index contributed by atoms with van der Waals surface area (Å²) < 4.78 is 0. The van der Waals surface area contributed by atoms with Crippen LogP contribution in [0.25, 0.3) is 0 Å². The number of nitriles is 1. The molecule has 3 heteroatoms. The normalized spacial score (nSPS) is 15.7. The van der Waals surface area contributed by atoms with Crippen molar-refractivity contribution in [1.29, 1.82) is 5.26 Å². The second kappa shape index (κ2) is 6.53. The first-order valence-corrected chi connectivity index (χ1v) is 6.44. The Morgan fingerprint density at radius 1 is 1.39 bits per heavy atom. The molecule has 0 amide bonds. The van der Waals surface area contributed by atoms with E-state index in [-0.39, 0.29) is 6.04 Å². The lowest BCUT2D eigenvalue weighted by Gasteiger charge is -2.25. The Labute approximate surface area is 109 Å². The molecule has 0 radical (unpaired) electrons. The fourth-order valence-corrected chi connectivity index (χ4v) is 1.96. The Morgan fingerprint density at radius 2 is 2.00 bits per heavy atom. The maximum absolute atomic E-state index is 10.1. The summed E-state index contributed by atoms with van der Waals surface area (Å²) in [5.74, 6) is 0. The lowest BCUT2D eigenvalue weighted by Crippen LogP contribution is -2.38. The lowest BCUT2D eigenvalue weighted by atomic mass is 9.99. The summed E-state index contributed by atoms with van der Waals surface area (Å²) in [7, 11) is 0. The van der Waals surface area contributed by atoms with Gasteiger partial charge in [-0.15, -0.1) is 0 Å². The fourth-order valence-electron chi connectivity index (χ4n) is 1.96. The largest absolute Gasteiger partial charge is 0.389 e. The van der Waals surface area contributed by atoms with Crippen LogP contribution in [0.15, 0.2) is 24.3 Å². The topological polar surface area (TPSA) is 56.0 Å². The van der Waals surface area contributed by atoms with Crippen molar-refractivity contribution in [3.8, 4) is 6.07 Å². The first-order valence-electron chi connectivity index (χ1n) is 6.44. The molecule has 0 fully saturated rings. The number of rotatable bonds is 6. The highest BCUT2D eigenvalue weighted by Gasteiger charge is 2.19. The highest BCUT2D eigenvalue weighted by molar-refractivity contribution is 5.32. The van der Waals surface area contributed by atoms with Crippen LogP contribution >= 0.6 is 0 Å². The molecular weight excluding hydrogens is 224 g/mol. The molecule has 0 aromatic heterocycles. The van der Waals surface area contributed by atoms with Gasteiger partial charge in [0, 0.05) is 12.6 Å². The molecule has 2 unspecified atom stereocenters. The highest BCUT2D eigenvalue weighted by atomic mass is 16.3. The molecule has 3 nitrogen and oxygen atoms in total. The molecule has 18 heavy (non-hydrogen) atoms. The Kier molecular flexibility index (Phi) is 5.33. The molecule has 1 aromatic carbocycles. The Balaban J connectivity index is 2.55. The Hall–Kier alpha value is -1.37. The monoisotopic (exact) mass is 246 g/mol. The van der Waals surface area contributed by atoms with E-state index < -0.39 is 5.60 Å². The van der Waals surface area contributed by atoms with Crippen LogP contribution in [-0.4, -0.2) is 17.3 Å². The molecule has 0 saturated carbocycles. The van der Waals surface area contributed by atoms with Gasteiger partial charge in [0.05, 0.1) is 17.2 Å². The summed E-state index contributed by atoms with van der Waals surface area (Å²) in [5, 5.41) is 22.2. The number of hydrogen-bond acceptors (Lipinski definition) is 3. The molecule has 1 rings (SSSR count).